The molecule has 0 aliphatic heterocycles. The first-order valence-corrected chi connectivity index (χ1v) is 8.05. The number of alkyl carbamates (subject to hydrolysis) is 1. The molecule has 2 rings (SSSR count). The highest BCUT2D eigenvalue weighted by Gasteiger charge is 2.16. The molecule has 0 aliphatic carbocycles. The van der Waals surface area contributed by atoms with E-state index in [2.05, 4.69) is 27.8 Å². The molecule has 2 aromatic rings. The Morgan fingerprint density at radius 3 is 2.42 bits per heavy atom. The number of pyridine rings is 1. The van der Waals surface area contributed by atoms with Crippen molar-refractivity contribution in [3.63, 3.8) is 0 Å². The Hall–Kier alpha value is -2.56. The van der Waals surface area contributed by atoms with Crippen LogP contribution in [0.5, 0.6) is 0 Å². The third kappa shape index (κ3) is 5.91. The first kappa shape index (κ1) is 17.8. The summed E-state index contributed by atoms with van der Waals surface area (Å²) in [5, 5.41) is 6.05. The van der Waals surface area contributed by atoms with Crippen LogP contribution in [0, 0.1) is 6.92 Å². The van der Waals surface area contributed by atoms with Gasteiger partial charge in [0.2, 0.25) is 0 Å². The smallest absolute Gasteiger partial charge is 0.407 e. The Morgan fingerprint density at radius 2 is 1.79 bits per heavy atom. The second-order valence-electron chi connectivity index (χ2n) is 6.64. The van der Waals surface area contributed by atoms with E-state index in [1.165, 1.54) is 5.56 Å². The zero-order valence-corrected chi connectivity index (χ0v) is 14.7. The molecule has 0 fully saturated rings. The molecule has 0 spiro atoms. The molecule has 0 saturated carbocycles. The number of ether oxygens (including phenoxy) is 1. The molecule has 2 N–H and O–H groups in total. The summed E-state index contributed by atoms with van der Waals surface area (Å²) < 4.78 is 5.23. The van der Waals surface area contributed by atoms with E-state index in [-0.39, 0.29) is 0 Å². The third-order valence-electron chi connectivity index (χ3n) is 3.33. The number of carbonyl (C=O) groups is 1. The van der Waals surface area contributed by atoms with Crippen LogP contribution in [-0.4, -0.2) is 16.7 Å². The lowest BCUT2D eigenvalue weighted by molar-refractivity contribution is 0.0523. The summed E-state index contributed by atoms with van der Waals surface area (Å²) in [5.41, 5.74) is 2.55. The number of anilines is 1. The number of amides is 1. The van der Waals surface area contributed by atoms with Gasteiger partial charge in [-0.2, -0.15) is 0 Å². The van der Waals surface area contributed by atoms with Gasteiger partial charge in [0.05, 0.1) is 0 Å². The molecule has 0 aliphatic rings. The first-order valence-electron chi connectivity index (χ1n) is 8.05. The van der Waals surface area contributed by atoms with Crippen molar-refractivity contribution in [2.75, 3.05) is 5.32 Å². The van der Waals surface area contributed by atoms with Crippen LogP contribution in [-0.2, 0) is 17.8 Å². The van der Waals surface area contributed by atoms with Gasteiger partial charge < -0.3 is 15.4 Å². The number of hydrogen-bond donors (Lipinski definition) is 2. The Balaban J connectivity index is 1.89. The van der Waals surface area contributed by atoms with E-state index in [0.29, 0.717) is 6.54 Å². The molecule has 5 nitrogen and oxygen atoms in total. The van der Waals surface area contributed by atoms with Gasteiger partial charge in [0, 0.05) is 18.8 Å². The first-order chi connectivity index (χ1) is 11.3. The van der Waals surface area contributed by atoms with E-state index in [0.717, 1.165) is 23.6 Å². The summed E-state index contributed by atoms with van der Waals surface area (Å²) in [6.07, 6.45) is -0.423. The van der Waals surface area contributed by atoms with Gasteiger partial charge in [-0.25, -0.2) is 9.78 Å². The van der Waals surface area contributed by atoms with E-state index < -0.39 is 11.7 Å². The molecule has 0 atom stereocenters. The fourth-order valence-corrected chi connectivity index (χ4v) is 2.15. The Bertz CT molecular complexity index is 679. The van der Waals surface area contributed by atoms with Crippen LogP contribution in [0.15, 0.2) is 42.5 Å². The van der Waals surface area contributed by atoms with Crippen LogP contribution in [0.25, 0.3) is 0 Å². The van der Waals surface area contributed by atoms with Crippen LogP contribution in [0.1, 0.15) is 37.6 Å². The lowest BCUT2D eigenvalue weighted by Crippen LogP contribution is -2.32. The van der Waals surface area contributed by atoms with Crippen molar-refractivity contribution in [2.45, 2.75) is 46.4 Å². The minimum Gasteiger partial charge on any atom is -0.444 e. The minimum atomic E-state index is -0.497. The van der Waals surface area contributed by atoms with Crippen LogP contribution >= 0.6 is 0 Å². The highest BCUT2D eigenvalue weighted by molar-refractivity contribution is 5.67. The Morgan fingerprint density at radius 1 is 1.08 bits per heavy atom. The fourth-order valence-electron chi connectivity index (χ4n) is 2.15. The lowest BCUT2D eigenvalue weighted by atomic mass is 10.2. The molecule has 1 aromatic carbocycles. The molecule has 5 heteroatoms. The summed E-state index contributed by atoms with van der Waals surface area (Å²) >= 11 is 0. The number of nitrogens with one attached hydrogen (secondary N) is 2. The highest BCUT2D eigenvalue weighted by atomic mass is 16.6. The molecule has 0 bridgehead atoms. The van der Waals surface area contributed by atoms with Crippen LogP contribution < -0.4 is 10.6 Å². The Kier molecular flexibility index (Phi) is 5.79. The number of aryl methyl sites for hydroxylation is 1. The summed E-state index contributed by atoms with van der Waals surface area (Å²) in [7, 11) is 0. The maximum absolute atomic E-state index is 11.7. The predicted octanol–water partition coefficient (Wildman–Crippen LogP) is 4.03. The van der Waals surface area contributed by atoms with Gasteiger partial charge >= 0.3 is 6.09 Å². The van der Waals surface area contributed by atoms with Gasteiger partial charge in [-0.05, 0) is 44.9 Å². The van der Waals surface area contributed by atoms with Crippen molar-refractivity contribution in [2.24, 2.45) is 0 Å². The van der Waals surface area contributed by atoms with Crippen molar-refractivity contribution in [1.29, 1.82) is 0 Å². The number of carbonyl (C=O) groups excluding carboxylic acids is 1. The number of benzene rings is 1. The second kappa shape index (κ2) is 7.81. The van der Waals surface area contributed by atoms with Crippen LogP contribution in [0.4, 0.5) is 10.6 Å². The molecule has 0 unspecified atom stereocenters. The van der Waals surface area contributed by atoms with Crippen molar-refractivity contribution in [3.8, 4) is 0 Å². The summed E-state index contributed by atoms with van der Waals surface area (Å²) in [6, 6.07) is 14.0. The van der Waals surface area contributed by atoms with Gasteiger partial charge in [0.25, 0.3) is 0 Å². The molecule has 0 saturated heterocycles. The minimum absolute atomic E-state index is 0.396. The topological polar surface area (TPSA) is 63.2 Å². The van der Waals surface area contributed by atoms with Gasteiger partial charge in [0.15, 0.2) is 0 Å². The standard InChI is InChI=1S/C19H25N3O2/c1-14-16(13-21-18(23)24-19(2,3)4)10-11-17(22-14)20-12-15-8-6-5-7-9-15/h5-11H,12-13H2,1-4H3,(H,20,22)(H,21,23). The molecular weight excluding hydrogens is 302 g/mol. The monoisotopic (exact) mass is 327 g/mol. The Labute approximate surface area is 143 Å². The number of aromatic nitrogens is 1. The summed E-state index contributed by atoms with van der Waals surface area (Å²) in [5.74, 6) is 0.817. The van der Waals surface area contributed by atoms with Crippen LogP contribution in [0.2, 0.25) is 0 Å². The second-order valence-corrected chi connectivity index (χ2v) is 6.64. The molecule has 1 amide bonds. The van der Waals surface area contributed by atoms with E-state index >= 15 is 0 Å². The van der Waals surface area contributed by atoms with Crippen molar-refractivity contribution < 1.29 is 9.53 Å². The SMILES string of the molecule is Cc1nc(NCc2ccccc2)ccc1CNC(=O)OC(C)(C)C. The molecule has 128 valence electrons. The highest BCUT2D eigenvalue weighted by Crippen LogP contribution is 2.12. The maximum atomic E-state index is 11.7. The van der Waals surface area contributed by atoms with Crippen molar-refractivity contribution in [1.82, 2.24) is 10.3 Å². The van der Waals surface area contributed by atoms with E-state index in [9.17, 15) is 4.79 Å². The molecule has 1 aromatic heterocycles. The van der Waals surface area contributed by atoms with E-state index in [1.54, 1.807) is 0 Å². The number of nitrogens with zero attached hydrogens (tertiary/aromatic N) is 1. The zero-order chi connectivity index (χ0) is 17.6. The molecule has 1 heterocycles. The van der Waals surface area contributed by atoms with Gasteiger partial charge in [0.1, 0.15) is 11.4 Å². The third-order valence-corrected chi connectivity index (χ3v) is 3.33. The number of hydrogen-bond acceptors (Lipinski definition) is 4. The lowest BCUT2D eigenvalue weighted by Gasteiger charge is -2.20. The van der Waals surface area contributed by atoms with Gasteiger partial charge in [-0.3, -0.25) is 0 Å². The predicted molar refractivity (Wildman–Crippen MR) is 95.8 cm³/mol. The van der Waals surface area contributed by atoms with E-state index in [4.69, 9.17) is 4.74 Å². The van der Waals surface area contributed by atoms with Crippen LogP contribution in [0.3, 0.4) is 0 Å². The molecule has 0 radical (unpaired) electrons. The fraction of sp³-hybridized carbons (Fsp3) is 0.368. The van der Waals surface area contributed by atoms with Gasteiger partial charge in [-0.1, -0.05) is 36.4 Å². The summed E-state index contributed by atoms with van der Waals surface area (Å²) in [6.45, 7) is 8.57. The largest absolute Gasteiger partial charge is 0.444 e. The average Bonchev–Trinajstić information content (AvgIpc) is 2.51. The van der Waals surface area contributed by atoms with Gasteiger partial charge in [-0.15, -0.1) is 0 Å². The number of rotatable bonds is 5. The molecule has 24 heavy (non-hydrogen) atoms. The maximum Gasteiger partial charge on any atom is 0.407 e. The average molecular weight is 327 g/mol. The summed E-state index contributed by atoms with van der Waals surface area (Å²) in [4.78, 5) is 16.2. The van der Waals surface area contributed by atoms with Crippen molar-refractivity contribution >= 4 is 11.9 Å². The normalized spacial score (nSPS) is 11.0. The molecular formula is C19H25N3O2. The van der Waals surface area contributed by atoms with Crippen molar-refractivity contribution in [3.05, 3.63) is 59.3 Å². The quantitative estimate of drug-likeness (QED) is 0.870. The van der Waals surface area contributed by atoms with E-state index in [1.807, 2.05) is 58.0 Å². The zero-order valence-electron chi connectivity index (χ0n) is 14.7.